The molecule has 0 spiro atoms. The van der Waals surface area contributed by atoms with Crippen molar-refractivity contribution in [1.29, 1.82) is 0 Å². The maximum Gasteiger partial charge on any atom is 0.298 e. The lowest BCUT2D eigenvalue weighted by Crippen LogP contribution is -1.94. The van der Waals surface area contributed by atoms with Gasteiger partial charge in [-0.3, -0.25) is 0 Å². The first-order chi connectivity index (χ1) is 10.2. The lowest BCUT2D eigenvalue weighted by atomic mass is 10.3. The number of oxazole rings is 1. The van der Waals surface area contributed by atoms with E-state index < -0.39 is 0 Å². The molecular weight excluding hydrogens is 274 g/mol. The third kappa shape index (κ3) is 1.78. The van der Waals surface area contributed by atoms with Crippen LogP contribution in [-0.2, 0) is 0 Å². The van der Waals surface area contributed by atoms with E-state index in [0.717, 1.165) is 5.69 Å². The van der Waals surface area contributed by atoms with Gasteiger partial charge in [-0.1, -0.05) is 5.16 Å². The molecule has 104 valence electrons. The van der Waals surface area contributed by atoms with Gasteiger partial charge in [0.05, 0.1) is 0 Å². The smallest absolute Gasteiger partial charge is 0.298 e. The fourth-order valence-corrected chi connectivity index (χ4v) is 1.93. The number of hydrogen-bond donors (Lipinski definition) is 0. The van der Waals surface area contributed by atoms with Crippen LogP contribution in [0.5, 0.6) is 0 Å². The minimum absolute atomic E-state index is 0.206. The zero-order valence-corrected chi connectivity index (χ0v) is 11.2. The van der Waals surface area contributed by atoms with E-state index in [0.29, 0.717) is 28.9 Å². The van der Waals surface area contributed by atoms with Crippen molar-refractivity contribution in [1.82, 2.24) is 34.7 Å². The van der Waals surface area contributed by atoms with Crippen LogP contribution in [0.15, 0.2) is 27.6 Å². The highest BCUT2D eigenvalue weighted by Gasteiger charge is 2.19. The highest BCUT2D eigenvalue weighted by atomic mass is 16.5. The molecule has 0 aliphatic carbocycles. The SMILES string of the molecule is Cc1ocnc1-c1noc(-c2nc3nccc(C)n3n2)n1. The van der Waals surface area contributed by atoms with Gasteiger partial charge in [0, 0.05) is 11.9 Å². The van der Waals surface area contributed by atoms with E-state index in [9.17, 15) is 0 Å². The van der Waals surface area contributed by atoms with Crippen molar-refractivity contribution in [3.63, 3.8) is 0 Å². The van der Waals surface area contributed by atoms with Crippen LogP contribution >= 0.6 is 0 Å². The summed E-state index contributed by atoms with van der Waals surface area (Å²) in [7, 11) is 0. The molecular formula is C12H9N7O2. The minimum Gasteiger partial charge on any atom is -0.448 e. The Morgan fingerprint density at radius 2 is 2.00 bits per heavy atom. The third-order valence-electron chi connectivity index (χ3n) is 3.00. The van der Waals surface area contributed by atoms with Crippen LogP contribution in [0.3, 0.4) is 0 Å². The summed E-state index contributed by atoms with van der Waals surface area (Å²) in [4.78, 5) is 16.7. The van der Waals surface area contributed by atoms with Crippen molar-refractivity contribution in [3.05, 3.63) is 30.1 Å². The molecule has 4 rings (SSSR count). The summed E-state index contributed by atoms with van der Waals surface area (Å²) < 4.78 is 11.9. The van der Waals surface area contributed by atoms with Crippen LogP contribution in [-0.4, -0.2) is 34.7 Å². The van der Waals surface area contributed by atoms with Gasteiger partial charge in [-0.05, 0) is 19.9 Å². The molecule has 21 heavy (non-hydrogen) atoms. The lowest BCUT2D eigenvalue weighted by molar-refractivity contribution is 0.429. The van der Waals surface area contributed by atoms with Crippen molar-refractivity contribution < 1.29 is 8.94 Å². The summed E-state index contributed by atoms with van der Waals surface area (Å²) >= 11 is 0. The molecule has 0 radical (unpaired) electrons. The van der Waals surface area contributed by atoms with Gasteiger partial charge in [-0.15, -0.1) is 5.10 Å². The number of aryl methyl sites for hydroxylation is 2. The average Bonchev–Trinajstić information content (AvgIpc) is 3.15. The first-order valence-corrected chi connectivity index (χ1v) is 6.15. The third-order valence-corrected chi connectivity index (χ3v) is 3.00. The monoisotopic (exact) mass is 283 g/mol. The molecule has 0 N–H and O–H groups in total. The summed E-state index contributed by atoms with van der Waals surface area (Å²) in [5.41, 5.74) is 1.44. The van der Waals surface area contributed by atoms with Crippen molar-refractivity contribution in [2.45, 2.75) is 13.8 Å². The Balaban J connectivity index is 1.81. The maximum absolute atomic E-state index is 5.19. The van der Waals surface area contributed by atoms with Gasteiger partial charge < -0.3 is 8.94 Å². The standard InChI is InChI=1S/C12H9N7O2/c1-6-3-4-13-12-16-10(17-19(6)12)11-15-9(18-21-11)8-7(2)20-5-14-8/h3-5H,1-2H3. The van der Waals surface area contributed by atoms with E-state index in [-0.39, 0.29) is 5.89 Å². The second-order valence-corrected chi connectivity index (χ2v) is 4.41. The molecule has 0 unspecified atom stereocenters. The highest BCUT2D eigenvalue weighted by Crippen LogP contribution is 2.21. The Labute approximate surface area is 117 Å². The Morgan fingerprint density at radius 1 is 1.10 bits per heavy atom. The van der Waals surface area contributed by atoms with Crippen LogP contribution in [0.1, 0.15) is 11.5 Å². The predicted octanol–water partition coefficient (Wildman–Crippen LogP) is 1.45. The molecule has 0 amide bonds. The van der Waals surface area contributed by atoms with Crippen molar-refractivity contribution in [3.8, 4) is 23.2 Å². The van der Waals surface area contributed by atoms with Crippen molar-refractivity contribution in [2.24, 2.45) is 0 Å². The second-order valence-electron chi connectivity index (χ2n) is 4.41. The lowest BCUT2D eigenvalue weighted by Gasteiger charge is -1.92. The largest absolute Gasteiger partial charge is 0.448 e. The van der Waals surface area contributed by atoms with Gasteiger partial charge in [0.25, 0.3) is 11.7 Å². The van der Waals surface area contributed by atoms with Gasteiger partial charge in [0.15, 0.2) is 12.1 Å². The van der Waals surface area contributed by atoms with E-state index in [2.05, 4.69) is 30.2 Å². The van der Waals surface area contributed by atoms with Crippen molar-refractivity contribution in [2.75, 3.05) is 0 Å². The predicted molar refractivity (Wildman–Crippen MR) is 69.0 cm³/mol. The quantitative estimate of drug-likeness (QED) is 0.543. The van der Waals surface area contributed by atoms with Crippen LogP contribution in [0.2, 0.25) is 0 Å². The first kappa shape index (κ1) is 11.7. The summed E-state index contributed by atoms with van der Waals surface area (Å²) in [6.07, 6.45) is 3.00. The molecule has 0 fully saturated rings. The molecule has 9 heteroatoms. The normalized spacial score (nSPS) is 11.3. The fraction of sp³-hybridized carbons (Fsp3) is 0.167. The molecule has 0 saturated heterocycles. The molecule has 0 atom stereocenters. The van der Waals surface area contributed by atoms with E-state index in [1.54, 1.807) is 17.6 Å². The molecule has 0 saturated carbocycles. The van der Waals surface area contributed by atoms with E-state index in [1.165, 1.54) is 6.39 Å². The Hall–Kier alpha value is -3.10. The molecule has 4 aromatic heterocycles. The number of hydrogen-bond acceptors (Lipinski definition) is 8. The van der Waals surface area contributed by atoms with Gasteiger partial charge in [0.1, 0.15) is 5.76 Å². The van der Waals surface area contributed by atoms with Gasteiger partial charge in [-0.25, -0.2) is 14.5 Å². The topological polar surface area (TPSA) is 108 Å². The van der Waals surface area contributed by atoms with Crippen LogP contribution in [0.4, 0.5) is 0 Å². The number of rotatable bonds is 2. The molecule has 0 bridgehead atoms. The number of nitrogens with zero attached hydrogens (tertiary/aromatic N) is 7. The maximum atomic E-state index is 5.19. The van der Waals surface area contributed by atoms with Crippen LogP contribution < -0.4 is 0 Å². The Bertz CT molecular complexity index is 936. The fourth-order valence-electron chi connectivity index (χ4n) is 1.93. The van der Waals surface area contributed by atoms with E-state index >= 15 is 0 Å². The highest BCUT2D eigenvalue weighted by molar-refractivity contribution is 5.54. The Kier molecular flexibility index (Phi) is 2.34. The molecule has 0 aromatic carbocycles. The number of aromatic nitrogens is 7. The molecule has 0 aliphatic heterocycles. The van der Waals surface area contributed by atoms with Gasteiger partial charge >= 0.3 is 0 Å². The minimum atomic E-state index is 0.206. The summed E-state index contributed by atoms with van der Waals surface area (Å²) in [5.74, 6) is 1.94. The molecule has 0 aliphatic rings. The molecule has 4 aromatic rings. The van der Waals surface area contributed by atoms with E-state index in [1.807, 2.05) is 13.0 Å². The van der Waals surface area contributed by atoms with Gasteiger partial charge in [-0.2, -0.15) is 9.97 Å². The first-order valence-electron chi connectivity index (χ1n) is 6.15. The summed E-state index contributed by atoms with van der Waals surface area (Å²) in [5, 5.41) is 8.17. The number of fused-ring (bicyclic) bond motifs is 1. The second kappa shape index (κ2) is 4.20. The van der Waals surface area contributed by atoms with Crippen LogP contribution in [0, 0.1) is 13.8 Å². The average molecular weight is 283 g/mol. The van der Waals surface area contributed by atoms with E-state index in [4.69, 9.17) is 8.94 Å². The Morgan fingerprint density at radius 3 is 2.76 bits per heavy atom. The zero-order valence-electron chi connectivity index (χ0n) is 11.2. The van der Waals surface area contributed by atoms with Crippen LogP contribution in [0.25, 0.3) is 29.0 Å². The van der Waals surface area contributed by atoms with Gasteiger partial charge in [0.2, 0.25) is 11.6 Å². The van der Waals surface area contributed by atoms with Crippen molar-refractivity contribution >= 4 is 5.78 Å². The molecule has 9 nitrogen and oxygen atoms in total. The summed E-state index contributed by atoms with van der Waals surface area (Å²) in [6.45, 7) is 3.68. The zero-order chi connectivity index (χ0) is 14.4. The summed E-state index contributed by atoms with van der Waals surface area (Å²) in [6, 6.07) is 1.84. The molecule has 4 heterocycles.